The number of amides is 2. The Morgan fingerprint density at radius 3 is 2.71 bits per heavy atom. The number of hydrogen-bond acceptors (Lipinski definition) is 3. The first kappa shape index (κ1) is 15.9. The molecule has 5 heteroatoms. The fraction of sp³-hybridized carbons (Fsp3) is 0.688. The molecule has 1 N–H and O–H groups in total. The molecule has 1 saturated heterocycles. The molecule has 1 fully saturated rings. The summed E-state index contributed by atoms with van der Waals surface area (Å²) in [7, 11) is 0. The zero-order chi connectivity index (χ0) is 15.2. The molecule has 2 rings (SSSR count). The van der Waals surface area contributed by atoms with Crippen molar-refractivity contribution in [2.75, 3.05) is 26.2 Å². The van der Waals surface area contributed by atoms with Gasteiger partial charge in [0.15, 0.2) is 0 Å². The predicted octanol–water partition coefficient (Wildman–Crippen LogP) is 2.60. The van der Waals surface area contributed by atoms with Gasteiger partial charge in [-0.2, -0.15) is 0 Å². The van der Waals surface area contributed by atoms with Crippen LogP contribution >= 0.6 is 0 Å². The van der Waals surface area contributed by atoms with E-state index in [1.165, 1.54) is 12.8 Å². The summed E-state index contributed by atoms with van der Waals surface area (Å²) in [4.78, 5) is 16.5. The highest BCUT2D eigenvalue weighted by atomic mass is 16.3. The molecule has 0 radical (unpaired) electrons. The lowest BCUT2D eigenvalue weighted by molar-refractivity contribution is 0.186. The van der Waals surface area contributed by atoms with E-state index in [2.05, 4.69) is 17.1 Å². The third-order valence-corrected chi connectivity index (χ3v) is 3.91. The van der Waals surface area contributed by atoms with Crippen molar-refractivity contribution in [1.29, 1.82) is 0 Å². The summed E-state index contributed by atoms with van der Waals surface area (Å²) in [6.45, 7) is 10.4. The van der Waals surface area contributed by atoms with E-state index >= 15 is 0 Å². The van der Waals surface area contributed by atoms with Crippen molar-refractivity contribution in [3.8, 4) is 0 Å². The SMILES string of the molecule is CCN(Cc1ccc(C)o1)C(=O)N[C@H](C)CN1CCCC1. The molecule has 1 aliphatic rings. The fourth-order valence-corrected chi connectivity index (χ4v) is 2.79. The maximum atomic E-state index is 12.3. The van der Waals surface area contributed by atoms with Crippen molar-refractivity contribution in [1.82, 2.24) is 15.1 Å². The molecule has 1 aromatic heterocycles. The molecule has 0 saturated carbocycles. The van der Waals surface area contributed by atoms with Gasteiger partial charge in [-0.1, -0.05) is 0 Å². The topological polar surface area (TPSA) is 48.7 Å². The van der Waals surface area contributed by atoms with Gasteiger partial charge in [-0.25, -0.2) is 4.79 Å². The van der Waals surface area contributed by atoms with Gasteiger partial charge in [-0.3, -0.25) is 0 Å². The highest BCUT2D eigenvalue weighted by Crippen LogP contribution is 2.10. The molecule has 0 bridgehead atoms. The minimum atomic E-state index is -0.0155. The van der Waals surface area contributed by atoms with Gasteiger partial charge in [-0.05, 0) is 58.8 Å². The lowest BCUT2D eigenvalue weighted by Gasteiger charge is -2.25. The van der Waals surface area contributed by atoms with E-state index in [-0.39, 0.29) is 12.1 Å². The Labute approximate surface area is 127 Å². The summed E-state index contributed by atoms with van der Waals surface area (Å²) in [5.74, 6) is 1.71. The van der Waals surface area contributed by atoms with Crippen LogP contribution in [0.4, 0.5) is 4.79 Å². The summed E-state index contributed by atoms with van der Waals surface area (Å²) >= 11 is 0. The van der Waals surface area contributed by atoms with Gasteiger partial charge in [0.25, 0.3) is 0 Å². The van der Waals surface area contributed by atoms with Crippen molar-refractivity contribution in [2.24, 2.45) is 0 Å². The number of furan rings is 1. The van der Waals surface area contributed by atoms with Gasteiger partial charge in [-0.15, -0.1) is 0 Å². The Morgan fingerprint density at radius 2 is 2.14 bits per heavy atom. The number of nitrogens with zero attached hydrogens (tertiary/aromatic N) is 2. The van der Waals surface area contributed by atoms with Crippen molar-refractivity contribution in [3.05, 3.63) is 23.7 Å². The molecule has 0 aliphatic carbocycles. The van der Waals surface area contributed by atoms with Gasteiger partial charge in [0.1, 0.15) is 11.5 Å². The average Bonchev–Trinajstić information content (AvgIpc) is 3.07. The van der Waals surface area contributed by atoms with Gasteiger partial charge in [0, 0.05) is 19.1 Å². The van der Waals surface area contributed by atoms with Crippen LogP contribution in [0.3, 0.4) is 0 Å². The first-order valence-electron chi connectivity index (χ1n) is 7.91. The molecule has 0 spiro atoms. The molecule has 1 aliphatic heterocycles. The monoisotopic (exact) mass is 293 g/mol. The Hall–Kier alpha value is -1.49. The Morgan fingerprint density at radius 1 is 1.43 bits per heavy atom. The number of likely N-dealkylation sites (tertiary alicyclic amines) is 1. The summed E-state index contributed by atoms with van der Waals surface area (Å²) in [5, 5.41) is 3.09. The van der Waals surface area contributed by atoms with E-state index in [9.17, 15) is 4.79 Å². The number of rotatable bonds is 6. The van der Waals surface area contributed by atoms with E-state index in [0.29, 0.717) is 13.1 Å². The highest BCUT2D eigenvalue weighted by molar-refractivity contribution is 5.74. The Bertz CT molecular complexity index is 452. The van der Waals surface area contributed by atoms with Gasteiger partial charge >= 0.3 is 6.03 Å². The Kier molecular flexibility index (Phi) is 5.67. The van der Waals surface area contributed by atoms with Crippen LogP contribution in [0.2, 0.25) is 0 Å². The van der Waals surface area contributed by atoms with Crippen LogP contribution in [-0.2, 0) is 6.54 Å². The second-order valence-corrected chi connectivity index (χ2v) is 5.88. The number of aryl methyl sites for hydroxylation is 1. The second kappa shape index (κ2) is 7.50. The lowest BCUT2D eigenvalue weighted by atomic mass is 10.3. The fourth-order valence-electron chi connectivity index (χ4n) is 2.79. The predicted molar refractivity (Wildman–Crippen MR) is 83.2 cm³/mol. The van der Waals surface area contributed by atoms with E-state index in [4.69, 9.17) is 4.42 Å². The standard InChI is InChI=1S/C16H27N3O2/c1-4-19(12-15-8-7-14(3)21-15)16(20)17-13(2)11-18-9-5-6-10-18/h7-8,13H,4-6,9-12H2,1-3H3,(H,17,20)/t13-/m1/s1. The molecular formula is C16H27N3O2. The van der Waals surface area contributed by atoms with Crippen LogP contribution < -0.4 is 5.32 Å². The molecule has 0 aromatic carbocycles. The van der Waals surface area contributed by atoms with Crippen LogP contribution in [-0.4, -0.2) is 48.1 Å². The minimum Gasteiger partial charge on any atom is -0.464 e. The van der Waals surface area contributed by atoms with E-state index in [1.54, 1.807) is 4.90 Å². The number of carbonyl (C=O) groups excluding carboxylic acids is 1. The van der Waals surface area contributed by atoms with Crippen LogP contribution in [0.25, 0.3) is 0 Å². The van der Waals surface area contributed by atoms with Crippen LogP contribution in [0, 0.1) is 6.92 Å². The number of hydrogen-bond donors (Lipinski definition) is 1. The minimum absolute atomic E-state index is 0.0155. The maximum Gasteiger partial charge on any atom is 0.318 e. The molecule has 2 amide bonds. The van der Waals surface area contributed by atoms with Crippen LogP contribution in [0.1, 0.15) is 38.2 Å². The smallest absolute Gasteiger partial charge is 0.318 e. The molecular weight excluding hydrogens is 266 g/mol. The largest absolute Gasteiger partial charge is 0.464 e. The van der Waals surface area contributed by atoms with Gasteiger partial charge in [0.2, 0.25) is 0 Å². The number of nitrogens with one attached hydrogen (secondary N) is 1. The zero-order valence-electron chi connectivity index (χ0n) is 13.4. The number of carbonyl (C=O) groups is 1. The highest BCUT2D eigenvalue weighted by Gasteiger charge is 2.19. The third-order valence-electron chi connectivity index (χ3n) is 3.91. The number of urea groups is 1. The summed E-state index contributed by atoms with van der Waals surface area (Å²) in [6.07, 6.45) is 2.55. The molecule has 1 aromatic rings. The van der Waals surface area contributed by atoms with E-state index < -0.39 is 0 Å². The molecule has 0 unspecified atom stereocenters. The first-order chi connectivity index (χ1) is 10.1. The maximum absolute atomic E-state index is 12.3. The molecule has 2 heterocycles. The molecule has 118 valence electrons. The second-order valence-electron chi connectivity index (χ2n) is 5.88. The van der Waals surface area contributed by atoms with Crippen LogP contribution in [0.5, 0.6) is 0 Å². The lowest BCUT2D eigenvalue weighted by Crippen LogP contribution is -2.47. The van der Waals surface area contributed by atoms with E-state index in [0.717, 1.165) is 31.2 Å². The van der Waals surface area contributed by atoms with Crippen molar-refractivity contribution < 1.29 is 9.21 Å². The first-order valence-corrected chi connectivity index (χ1v) is 7.91. The summed E-state index contributed by atoms with van der Waals surface area (Å²) < 4.78 is 5.55. The van der Waals surface area contributed by atoms with Crippen molar-refractivity contribution in [3.63, 3.8) is 0 Å². The normalized spacial score (nSPS) is 16.9. The quantitative estimate of drug-likeness (QED) is 0.877. The van der Waals surface area contributed by atoms with Crippen molar-refractivity contribution in [2.45, 2.75) is 46.2 Å². The molecule has 5 nitrogen and oxygen atoms in total. The molecule has 21 heavy (non-hydrogen) atoms. The third kappa shape index (κ3) is 4.77. The molecule has 1 atom stereocenters. The summed E-state index contributed by atoms with van der Waals surface area (Å²) in [5.41, 5.74) is 0. The van der Waals surface area contributed by atoms with Gasteiger partial charge in [0.05, 0.1) is 6.54 Å². The van der Waals surface area contributed by atoms with Crippen LogP contribution in [0.15, 0.2) is 16.5 Å². The van der Waals surface area contributed by atoms with E-state index in [1.807, 2.05) is 26.0 Å². The zero-order valence-corrected chi connectivity index (χ0v) is 13.4. The summed E-state index contributed by atoms with van der Waals surface area (Å²) in [6, 6.07) is 4.01. The Balaban J connectivity index is 1.81. The van der Waals surface area contributed by atoms with Crippen molar-refractivity contribution >= 4 is 6.03 Å². The average molecular weight is 293 g/mol. The van der Waals surface area contributed by atoms with Gasteiger partial charge < -0.3 is 19.5 Å².